The highest BCUT2D eigenvalue weighted by atomic mass is 16.5. The Kier molecular flexibility index (Phi) is 3.58. The Hall–Kier alpha value is -1.51. The van der Waals surface area contributed by atoms with Gasteiger partial charge in [0.05, 0.1) is 0 Å². The maximum absolute atomic E-state index is 11.3. The van der Waals surface area contributed by atoms with Crippen molar-refractivity contribution in [3.63, 3.8) is 0 Å². The van der Waals surface area contributed by atoms with Gasteiger partial charge in [-0.25, -0.2) is 0 Å². The van der Waals surface area contributed by atoms with E-state index in [0.717, 1.165) is 6.42 Å². The van der Waals surface area contributed by atoms with Crippen LogP contribution >= 0.6 is 0 Å². The fourth-order valence-corrected chi connectivity index (χ4v) is 1.29. The van der Waals surface area contributed by atoms with Crippen LogP contribution in [-0.2, 0) is 0 Å². The number of ether oxygens (including phenoxy) is 1. The van der Waals surface area contributed by atoms with Crippen LogP contribution < -0.4 is 10.5 Å². The Bertz CT molecular complexity index is 397. The van der Waals surface area contributed by atoms with Crippen molar-refractivity contribution in [1.29, 1.82) is 0 Å². The molecule has 0 saturated carbocycles. The minimum Gasteiger partial charge on any atom is -0.488 e. The van der Waals surface area contributed by atoms with Gasteiger partial charge in [0.25, 0.3) is 0 Å². The number of hydrogen-bond donors (Lipinski definition) is 1. The number of carbonyl (C=O) groups is 1. The zero-order valence-corrected chi connectivity index (χ0v) is 10.3. The summed E-state index contributed by atoms with van der Waals surface area (Å²) in [7, 11) is 0. The molecule has 0 saturated heterocycles. The minimum absolute atomic E-state index is 0.0442. The zero-order valence-electron chi connectivity index (χ0n) is 10.3. The lowest BCUT2D eigenvalue weighted by molar-refractivity contribution is 0.0996. The number of ketones is 1. The van der Waals surface area contributed by atoms with Crippen LogP contribution in [0.2, 0.25) is 0 Å². The molecule has 0 heterocycles. The highest BCUT2D eigenvalue weighted by Crippen LogP contribution is 2.25. The van der Waals surface area contributed by atoms with Crippen LogP contribution in [0, 0.1) is 0 Å². The number of Topliss-reactive ketones (excluding diaryl/α,β-unsaturated/α-hetero) is 1. The van der Waals surface area contributed by atoms with Crippen molar-refractivity contribution >= 4 is 11.5 Å². The number of nitrogen functional groups attached to an aromatic ring is 1. The van der Waals surface area contributed by atoms with E-state index in [2.05, 4.69) is 6.92 Å². The monoisotopic (exact) mass is 221 g/mol. The highest BCUT2D eigenvalue weighted by Gasteiger charge is 2.17. The molecule has 0 atom stereocenters. The van der Waals surface area contributed by atoms with E-state index in [9.17, 15) is 4.79 Å². The summed E-state index contributed by atoms with van der Waals surface area (Å²) in [5.74, 6) is 0.642. The van der Waals surface area contributed by atoms with Crippen molar-refractivity contribution in [2.24, 2.45) is 0 Å². The van der Waals surface area contributed by atoms with Crippen molar-refractivity contribution in [1.82, 2.24) is 0 Å². The van der Waals surface area contributed by atoms with Gasteiger partial charge in [0, 0.05) is 11.3 Å². The predicted molar refractivity (Wildman–Crippen MR) is 65.9 cm³/mol. The number of carbonyl (C=O) groups excluding carboxylic acids is 1. The average Bonchev–Trinajstić information content (AvgIpc) is 2.20. The molecule has 0 spiro atoms. The molecular weight excluding hydrogens is 202 g/mol. The zero-order chi connectivity index (χ0) is 12.3. The predicted octanol–water partition coefficient (Wildman–Crippen LogP) is 3.04. The second-order valence-corrected chi connectivity index (χ2v) is 4.52. The third-order valence-corrected chi connectivity index (χ3v) is 2.65. The SMILES string of the molecule is CCC(C)(C)Oc1ccc(N)c(C(C)=O)c1. The Balaban J connectivity index is 3.00. The van der Waals surface area contributed by atoms with Crippen molar-refractivity contribution in [3.05, 3.63) is 23.8 Å². The second kappa shape index (κ2) is 4.56. The van der Waals surface area contributed by atoms with Crippen LogP contribution in [0.4, 0.5) is 5.69 Å². The Morgan fingerprint density at radius 2 is 2.06 bits per heavy atom. The first kappa shape index (κ1) is 12.6. The normalized spacial score (nSPS) is 11.2. The van der Waals surface area contributed by atoms with Gasteiger partial charge in [-0.3, -0.25) is 4.79 Å². The molecule has 0 bridgehead atoms. The van der Waals surface area contributed by atoms with Crippen molar-refractivity contribution in [3.8, 4) is 5.75 Å². The number of benzene rings is 1. The molecule has 1 rings (SSSR count). The lowest BCUT2D eigenvalue weighted by atomic mass is 10.1. The summed E-state index contributed by atoms with van der Waals surface area (Å²) in [6, 6.07) is 5.20. The third kappa shape index (κ3) is 2.99. The van der Waals surface area contributed by atoms with Crippen LogP contribution in [0.1, 0.15) is 44.5 Å². The lowest BCUT2D eigenvalue weighted by Crippen LogP contribution is -2.26. The Labute approximate surface area is 96.6 Å². The van der Waals surface area contributed by atoms with Crippen molar-refractivity contribution in [2.75, 3.05) is 5.73 Å². The fourth-order valence-electron chi connectivity index (χ4n) is 1.29. The molecule has 0 radical (unpaired) electrons. The van der Waals surface area contributed by atoms with Crippen molar-refractivity contribution in [2.45, 2.75) is 39.7 Å². The van der Waals surface area contributed by atoms with Crippen LogP contribution in [0.3, 0.4) is 0 Å². The summed E-state index contributed by atoms with van der Waals surface area (Å²) in [5.41, 5.74) is 6.49. The van der Waals surface area contributed by atoms with E-state index >= 15 is 0 Å². The molecule has 1 aromatic rings. The van der Waals surface area contributed by atoms with Gasteiger partial charge >= 0.3 is 0 Å². The van der Waals surface area contributed by atoms with Gasteiger partial charge in [-0.2, -0.15) is 0 Å². The molecule has 0 aliphatic heterocycles. The molecule has 0 aromatic heterocycles. The highest BCUT2D eigenvalue weighted by molar-refractivity contribution is 5.99. The Morgan fingerprint density at radius 1 is 1.44 bits per heavy atom. The minimum atomic E-state index is -0.232. The summed E-state index contributed by atoms with van der Waals surface area (Å²) in [4.78, 5) is 11.3. The van der Waals surface area contributed by atoms with E-state index in [-0.39, 0.29) is 11.4 Å². The first-order chi connectivity index (χ1) is 7.35. The van der Waals surface area contributed by atoms with Gasteiger partial charge in [0.15, 0.2) is 5.78 Å². The molecule has 3 nitrogen and oxygen atoms in total. The Morgan fingerprint density at radius 3 is 2.56 bits per heavy atom. The van der Waals surface area contributed by atoms with Crippen LogP contribution in [0.5, 0.6) is 5.75 Å². The first-order valence-electron chi connectivity index (χ1n) is 5.45. The standard InChI is InChI=1S/C13H19NO2/c1-5-13(3,4)16-10-6-7-12(14)11(8-10)9(2)15/h6-8H,5,14H2,1-4H3. The number of rotatable bonds is 4. The number of anilines is 1. The molecule has 2 N–H and O–H groups in total. The van der Waals surface area contributed by atoms with Crippen LogP contribution in [-0.4, -0.2) is 11.4 Å². The van der Waals surface area contributed by atoms with Gasteiger partial charge in [-0.15, -0.1) is 0 Å². The summed E-state index contributed by atoms with van der Waals surface area (Å²) in [6.07, 6.45) is 0.896. The summed E-state index contributed by atoms with van der Waals surface area (Å²) < 4.78 is 5.79. The molecule has 16 heavy (non-hydrogen) atoms. The maximum atomic E-state index is 11.3. The quantitative estimate of drug-likeness (QED) is 0.628. The van der Waals surface area contributed by atoms with Gasteiger partial charge in [0.1, 0.15) is 11.4 Å². The number of hydrogen-bond acceptors (Lipinski definition) is 3. The fraction of sp³-hybridized carbons (Fsp3) is 0.462. The molecule has 0 amide bonds. The molecule has 88 valence electrons. The van der Waals surface area contributed by atoms with E-state index in [1.165, 1.54) is 6.92 Å². The molecule has 1 aromatic carbocycles. The van der Waals surface area contributed by atoms with E-state index in [1.807, 2.05) is 13.8 Å². The van der Waals surface area contributed by atoms with Gasteiger partial charge in [-0.1, -0.05) is 6.92 Å². The summed E-state index contributed by atoms with van der Waals surface area (Å²) >= 11 is 0. The van der Waals surface area contributed by atoms with E-state index in [1.54, 1.807) is 18.2 Å². The van der Waals surface area contributed by atoms with E-state index in [0.29, 0.717) is 17.0 Å². The average molecular weight is 221 g/mol. The smallest absolute Gasteiger partial charge is 0.162 e. The summed E-state index contributed by atoms with van der Waals surface area (Å²) in [6.45, 7) is 7.58. The largest absolute Gasteiger partial charge is 0.488 e. The molecule has 0 aliphatic rings. The van der Waals surface area contributed by atoms with Crippen molar-refractivity contribution < 1.29 is 9.53 Å². The molecule has 0 aliphatic carbocycles. The first-order valence-corrected chi connectivity index (χ1v) is 5.45. The number of nitrogens with two attached hydrogens (primary N) is 1. The second-order valence-electron chi connectivity index (χ2n) is 4.52. The summed E-state index contributed by atoms with van der Waals surface area (Å²) in [5, 5.41) is 0. The molecule has 0 unspecified atom stereocenters. The molecule has 3 heteroatoms. The van der Waals surface area contributed by atoms with E-state index < -0.39 is 0 Å². The van der Waals surface area contributed by atoms with Crippen LogP contribution in [0.15, 0.2) is 18.2 Å². The van der Waals surface area contributed by atoms with Gasteiger partial charge in [0.2, 0.25) is 0 Å². The van der Waals surface area contributed by atoms with Gasteiger partial charge in [-0.05, 0) is 45.4 Å². The molecular formula is C13H19NO2. The molecule has 0 fully saturated rings. The van der Waals surface area contributed by atoms with Gasteiger partial charge < -0.3 is 10.5 Å². The third-order valence-electron chi connectivity index (χ3n) is 2.65. The topological polar surface area (TPSA) is 52.3 Å². The maximum Gasteiger partial charge on any atom is 0.162 e. The van der Waals surface area contributed by atoms with E-state index in [4.69, 9.17) is 10.5 Å². The lowest BCUT2D eigenvalue weighted by Gasteiger charge is -2.25. The van der Waals surface area contributed by atoms with Crippen LogP contribution in [0.25, 0.3) is 0 Å².